The smallest absolute Gasteiger partial charge is 0.296 e. The zero-order chi connectivity index (χ0) is 31.4. The van der Waals surface area contributed by atoms with Gasteiger partial charge >= 0.3 is 5.97 Å². The maximum Gasteiger partial charge on any atom is 0.372 e. The molecule has 9 rings (SSSR count). The third-order valence-corrected chi connectivity index (χ3v) is 9.09. The Labute approximate surface area is 258 Å². The Bertz CT molecular complexity index is 2440. The summed E-state index contributed by atoms with van der Waals surface area (Å²) in [4.78, 5) is 73.1. The molecule has 0 spiro atoms. The van der Waals surface area contributed by atoms with Crippen molar-refractivity contribution in [2.75, 3.05) is 9.80 Å². The van der Waals surface area contributed by atoms with E-state index in [9.17, 15) is 24.0 Å². The Morgan fingerprint density at radius 1 is 0.457 bits per heavy atom. The van der Waals surface area contributed by atoms with Gasteiger partial charge in [0.2, 0.25) is 0 Å². The second-order valence-corrected chi connectivity index (χ2v) is 11.3. The molecule has 1 N–H and O–H groups in total. The molecular weight excluding hydrogens is 584 g/mol. The van der Waals surface area contributed by atoms with Crippen molar-refractivity contribution in [1.29, 1.82) is 0 Å². The lowest BCUT2D eigenvalue weighted by Crippen LogP contribution is -2.40. The molecule has 0 saturated heterocycles. The van der Waals surface area contributed by atoms with Crippen LogP contribution in [0.3, 0.4) is 0 Å². The first-order chi connectivity index (χ1) is 22.4. The summed E-state index contributed by atoms with van der Waals surface area (Å²) >= 11 is 0. The lowest BCUT2D eigenvalue weighted by Gasteiger charge is -2.30. The van der Waals surface area contributed by atoms with Gasteiger partial charge in [0.1, 0.15) is 0 Å². The number of fused-ring (bicyclic) bond motifs is 2. The van der Waals surface area contributed by atoms with Crippen LogP contribution in [0.1, 0.15) is 51.8 Å². The highest BCUT2D eigenvalue weighted by Crippen LogP contribution is 2.46. The van der Waals surface area contributed by atoms with Crippen molar-refractivity contribution in [1.82, 2.24) is 0 Å². The van der Waals surface area contributed by atoms with Gasteiger partial charge in [0.05, 0.1) is 16.9 Å². The van der Waals surface area contributed by atoms with E-state index >= 15 is 0 Å². The molecule has 7 aromatic carbocycles. The Morgan fingerprint density at radius 3 is 1.20 bits per heavy atom. The van der Waals surface area contributed by atoms with Crippen LogP contribution in [0, 0.1) is 0 Å². The maximum absolute atomic E-state index is 13.9. The van der Waals surface area contributed by atoms with Crippen LogP contribution in [0.5, 0.6) is 0 Å². The zero-order valence-electron chi connectivity index (χ0n) is 23.6. The number of benzene rings is 7. The van der Waals surface area contributed by atoms with Crippen LogP contribution >= 0.6 is 0 Å². The van der Waals surface area contributed by atoms with E-state index in [1.165, 1.54) is 29.2 Å². The van der Waals surface area contributed by atoms with E-state index in [0.29, 0.717) is 38.7 Å². The van der Waals surface area contributed by atoms with E-state index in [4.69, 9.17) is 5.26 Å². The van der Waals surface area contributed by atoms with Crippen molar-refractivity contribution in [3.05, 3.63) is 131 Å². The minimum atomic E-state index is -0.963. The second-order valence-electron chi connectivity index (χ2n) is 11.3. The van der Waals surface area contributed by atoms with Gasteiger partial charge in [0.15, 0.2) is 0 Å². The first-order valence-electron chi connectivity index (χ1n) is 14.4. The van der Waals surface area contributed by atoms with Crippen molar-refractivity contribution >= 4 is 84.1 Å². The maximum atomic E-state index is 13.9. The van der Waals surface area contributed by atoms with E-state index in [-0.39, 0.29) is 11.3 Å². The molecule has 0 radical (unpaired) electrons. The minimum Gasteiger partial charge on any atom is -0.296 e. The molecule has 9 nitrogen and oxygen atoms in total. The molecule has 2 aliphatic heterocycles. The van der Waals surface area contributed by atoms with E-state index in [1.807, 2.05) is 30.3 Å². The summed E-state index contributed by atoms with van der Waals surface area (Å²) in [5.74, 6) is -2.81. The number of anilines is 2. The monoisotopic (exact) mass is 602 g/mol. The number of hydrogen-bond donors (Lipinski definition) is 1. The van der Waals surface area contributed by atoms with Gasteiger partial charge < -0.3 is 0 Å². The fourth-order valence-electron chi connectivity index (χ4n) is 7.11. The van der Waals surface area contributed by atoms with Crippen LogP contribution in [0.4, 0.5) is 11.4 Å². The largest absolute Gasteiger partial charge is 0.372 e. The number of nitrogens with zero attached hydrogens (tertiary/aromatic N) is 2. The van der Waals surface area contributed by atoms with Gasteiger partial charge in [-0.05, 0) is 93.0 Å². The van der Waals surface area contributed by atoms with Gasteiger partial charge in [-0.15, -0.1) is 0 Å². The third-order valence-electron chi connectivity index (χ3n) is 9.09. The fraction of sp³-hybridized carbons (Fsp3) is 0. The summed E-state index contributed by atoms with van der Waals surface area (Å²) in [7, 11) is 0. The summed E-state index contributed by atoms with van der Waals surface area (Å²) < 4.78 is 0. The SMILES string of the molecule is O=C(OO)c1ccc(N2C(=O)c3ccc4c5ccc6c7c(ccc(c8ccc(c3c48)C2=O)c75)C(=O)N(c2ccccc2)C6=O)cc1. The van der Waals surface area contributed by atoms with Crippen molar-refractivity contribution in [3.8, 4) is 0 Å². The Hall–Kier alpha value is -6.45. The lowest BCUT2D eigenvalue weighted by atomic mass is 9.82. The molecule has 0 fully saturated rings. The Kier molecular flexibility index (Phi) is 5.11. The molecule has 0 atom stereocenters. The standard InChI is InChI=1S/C37H18N2O7/c40-33-25-14-10-21-23-12-16-27-32-28(36(43)39(35(27)42)20-8-6-18(7-9-20)37(44)46-45)17-13-24(30(23)32)22-11-15-26(31(25)29(21)22)34(41)38(33)19-4-2-1-3-5-19/h1-17,45H. The summed E-state index contributed by atoms with van der Waals surface area (Å²) in [5, 5.41) is 14.5. The van der Waals surface area contributed by atoms with Crippen LogP contribution in [-0.2, 0) is 4.89 Å². The molecule has 0 unspecified atom stereocenters. The Balaban J connectivity index is 1.27. The molecular formula is C37H18N2O7. The zero-order valence-corrected chi connectivity index (χ0v) is 23.6. The van der Waals surface area contributed by atoms with Crippen LogP contribution in [0.25, 0.3) is 43.1 Å². The minimum absolute atomic E-state index is 0.0528. The number of imide groups is 2. The predicted molar refractivity (Wildman–Crippen MR) is 171 cm³/mol. The van der Waals surface area contributed by atoms with Crippen molar-refractivity contribution in [2.24, 2.45) is 0 Å². The first-order valence-corrected chi connectivity index (χ1v) is 14.4. The van der Waals surface area contributed by atoms with E-state index in [1.54, 1.807) is 48.5 Å². The number of rotatable bonds is 3. The molecule has 218 valence electrons. The molecule has 2 heterocycles. The van der Waals surface area contributed by atoms with Gasteiger partial charge in [-0.3, -0.25) is 24.1 Å². The summed E-state index contributed by atoms with van der Waals surface area (Å²) in [6.07, 6.45) is 0. The number of carbonyl (C=O) groups is 5. The average Bonchev–Trinajstić information content (AvgIpc) is 3.09. The Morgan fingerprint density at radius 2 is 0.826 bits per heavy atom. The van der Waals surface area contributed by atoms with E-state index in [0.717, 1.165) is 37.2 Å². The van der Waals surface area contributed by atoms with Crippen LogP contribution in [-0.4, -0.2) is 34.9 Å². The molecule has 7 aromatic rings. The van der Waals surface area contributed by atoms with Gasteiger partial charge in [0.25, 0.3) is 23.6 Å². The van der Waals surface area contributed by atoms with E-state index < -0.39 is 29.6 Å². The van der Waals surface area contributed by atoms with Gasteiger partial charge in [-0.25, -0.2) is 14.6 Å². The molecule has 2 aliphatic rings. The highest BCUT2D eigenvalue weighted by molar-refractivity contribution is 6.45. The first kappa shape index (κ1) is 26.0. The molecule has 0 saturated carbocycles. The van der Waals surface area contributed by atoms with Crippen LogP contribution < -0.4 is 9.80 Å². The van der Waals surface area contributed by atoms with Gasteiger partial charge in [0, 0.05) is 33.0 Å². The quantitative estimate of drug-likeness (QED) is 0.0762. The molecule has 9 heteroatoms. The second kappa shape index (κ2) is 9.04. The summed E-state index contributed by atoms with van der Waals surface area (Å²) in [6.45, 7) is 0. The fourth-order valence-corrected chi connectivity index (χ4v) is 7.11. The predicted octanol–water partition coefficient (Wildman–Crippen LogP) is 6.97. The molecule has 0 aliphatic carbocycles. The normalized spacial score (nSPS) is 14.4. The highest BCUT2D eigenvalue weighted by atomic mass is 17.1. The average molecular weight is 603 g/mol. The highest BCUT2D eigenvalue weighted by Gasteiger charge is 2.38. The van der Waals surface area contributed by atoms with Crippen molar-refractivity contribution in [2.45, 2.75) is 0 Å². The van der Waals surface area contributed by atoms with Gasteiger partial charge in [-0.2, -0.15) is 5.26 Å². The summed E-state index contributed by atoms with van der Waals surface area (Å²) in [5.41, 5.74) is 2.33. The molecule has 0 aromatic heterocycles. The topological polar surface area (TPSA) is 121 Å². The van der Waals surface area contributed by atoms with Crippen molar-refractivity contribution < 1.29 is 34.1 Å². The van der Waals surface area contributed by atoms with Crippen LogP contribution in [0.15, 0.2) is 103 Å². The molecule has 46 heavy (non-hydrogen) atoms. The number of amides is 4. The molecule has 4 amide bonds. The number of carbonyl (C=O) groups excluding carboxylic acids is 5. The lowest BCUT2D eigenvalue weighted by molar-refractivity contribution is -0.182. The molecule has 0 bridgehead atoms. The van der Waals surface area contributed by atoms with Crippen molar-refractivity contribution in [3.63, 3.8) is 0 Å². The number of para-hydroxylation sites is 1. The van der Waals surface area contributed by atoms with Gasteiger partial charge in [-0.1, -0.05) is 42.5 Å². The summed E-state index contributed by atoms with van der Waals surface area (Å²) in [6, 6.07) is 28.7. The van der Waals surface area contributed by atoms with E-state index in [2.05, 4.69) is 4.89 Å². The number of hydrogen-bond acceptors (Lipinski definition) is 7. The third kappa shape index (κ3) is 3.18. The van der Waals surface area contributed by atoms with Crippen LogP contribution in [0.2, 0.25) is 0 Å².